The molecule has 0 saturated carbocycles. The van der Waals surface area contributed by atoms with Crippen LogP contribution in [0.3, 0.4) is 0 Å². The number of aromatic nitrogens is 4. The normalized spacial score (nSPS) is 10.2. The van der Waals surface area contributed by atoms with Crippen LogP contribution < -0.4 is 10.1 Å². The largest absolute Gasteiger partial charge is 0.481 e. The molecule has 0 amide bonds. The molecule has 2 N–H and O–H groups in total. The Kier molecular flexibility index (Phi) is 3.60. The Morgan fingerprint density at radius 2 is 2.21 bits per heavy atom. The molecule has 0 aromatic carbocycles. The molecule has 0 aliphatic rings. The molecule has 0 atom stereocenters. The highest BCUT2D eigenvalue weighted by atomic mass is 16.5. The predicted molar refractivity (Wildman–Crippen MR) is 66.1 cm³/mol. The smallest absolute Gasteiger partial charge is 0.358 e. The number of methoxy groups -OCH3 is 1. The van der Waals surface area contributed by atoms with Crippen LogP contribution in [0.25, 0.3) is 0 Å². The predicted octanol–water partition coefficient (Wildman–Crippen LogP) is 0.529. The van der Waals surface area contributed by atoms with Gasteiger partial charge in [-0.1, -0.05) is 0 Å². The summed E-state index contributed by atoms with van der Waals surface area (Å²) >= 11 is 0. The molecule has 2 heterocycles. The molecule has 2 aromatic rings. The summed E-state index contributed by atoms with van der Waals surface area (Å²) in [6.07, 6.45) is 2.76. The molecule has 8 nitrogen and oxygen atoms in total. The van der Waals surface area contributed by atoms with Gasteiger partial charge < -0.3 is 15.2 Å². The molecular weight excluding hydrogens is 250 g/mol. The first-order valence-corrected chi connectivity index (χ1v) is 5.47. The molecular formula is C11H13N5O3. The molecule has 0 saturated heterocycles. The molecule has 0 radical (unpaired) electrons. The second-order valence-corrected chi connectivity index (χ2v) is 3.71. The number of aryl methyl sites for hydroxylation is 1. The van der Waals surface area contributed by atoms with Crippen molar-refractivity contribution in [3.63, 3.8) is 0 Å². The highest BCUT2D eigenvalue weighted by Gasteiger charge is 2.13. The highest BCUT2D eigenvalue weighted by molar-refractivity contribution is 5.90. The number of carboxylic acid groups (broad SMARTS) is 1. The van der Waals surface area contributed by atoms with Gasteiger partial charge in [0, 0.05) is 25.5 Å². The maximum absolute atomic E-state index is 11.0. The third-order valence-corrected chi connectivity index (χ3v) is 2.43. The first-order valence-electron chi connectivity index (χ1n) is 5.47. The van der Waals surface area contributed by atoms with Crippen LogP contribution in [-0.4, -0.2) is 37.9 Å². The summed E-state index contributed by atoms with van der Waals surface area (Å²) in [7, 11) is 3.31. The number of anilines is 1. The van der Waals surface area contributed by atoms with E-state index in [0.717, 1.165) is 0 Å². The number of nitrogens with zero attached hydrogens (tertiary/aromatic N) is 4. The van der Waals surface area contributed by atoms with E-state index in [4.69, 9.17) is 9.84 Å². The topological polar surface area (TPSA) is 102 Å². The first-order chi connectivity index (χ1) is 9.11. The van der Waals surface area contributed by atoms with Gasteiger partial charge in [-0.2, -0.15) is 5.10 Å². The summed E-state index contributed by atoms with van der Waals surface area (Å²) in [6, 6.07) is 1.75. The van der Waals surface area contributed by atoms with Crippen LogP contribution in [0, 0.1) is 0 Å². The Morgan fingerprint density at radius 1 is 1.47 bits per heavy atom. The molecule has 2 aromatic heterocycles. The van der Waals surface area contributed by atoms with Gasteiger partial charge in [0.15, 0.2) is 11.5 Å². The molecule has 0 aliphatic heterocycles. The fourth-order valence-corrected chi connectivity index (χ4v) is 1.58. The van der Waals surface area contributed by atoms with E-state index in [1.54, 1.807) is 24.9 Å². The van der Waals surface area contributed by atoms with E-state index in [1.807, 2.05) is 0 Å². The van der Waals surface area contributed by atoms with E-state index in [-0.39, 0.29) is 11.5 Å². The molecule has 0 bridgehead atoms. The Labute approximate surface area is 109 Å². The standard InChI is InChI=1S/C11H13N5O3/c1-16-8(19-2)5-7(15-16)6-14-10-9(11(17)18)12-3-4-13-10/h3-5H,6H2,1-2H3,(H,13,14)(H,17,18). The van der Waals surface area contributed by atoms with Crippen molar-refractivity contribution in [3.8, 4) is 5.88 Å². The lowest BCUT2D eigenvalue weighted by atomic mass is 10.3. The number of hydrogen-bond donors (Lipinski definition) is 2. The van der Waals surface area contributed by atoms with Gasteiger partial charge in [0.2, 0.25) is 5.88 Å². The second-order valence-electron chi connectivity index (χ2n) is 3.71. The Hall–Kier alpha value is -2.64. The average Bonchev–Trinajstić information content (AvgIpc) is 2.77. The lowest BCUT2D eigenvalue weighted by Crippen LogP contribution is -2.10. The lowest BCUT2D eigenvalue weighted by molar-refractivity contribution is 0.0691. The van der Waals surface area contributed by atoms with Gasteiger partial charge in [-0.05, 0) is 0 Å². The Morgan fingerprint density at radius 3 is 2.84 bits per heavy atom. The van der Waals surface area contributed by atoms with Gasteiger partial charge in [-0.3, -0.25) is 0 Å². The van der Waals surface area contributed by atoms with Gasteiger partial charge in [-0.15, -0.1) is 0 Å². The minimum atomic E-state index is -1.13. The first kappa shape index (κ1) is 12.8. The number of nitrogens with one attached hydrogen (secondary N) is 1. The van der Waals surface area contributed by atoms with E-state index in [2.05, 4.69) is 20.4 Å². The molecule has 2 rings (SSSR count). The van der Waals surface area contributed by atoms with Gasteiger partial charge in [0.25, 0.3) is 0 Å². The quantitative estimate of drug-likeness (QED) is 0.811. The van der Waals surface area contributed by atoms with Crippen molar-refractivity contribution in [2.24, 2.45) is 7.05 Å². The van der Waals surface area contributed by atoms with Crippen molar-refractivity contribution < 1.29 is 14.6 Å². The van der Waals surface area contributed by atoms with Gasteiger partial charge in [0.05, 0.1) is 19.3 Å². The summed E-state index contributed by atoms with van der Waals surface area (Å²) in [5.74, 6) is -0.303. The summed E-state index contributed by atoms with van der Waals surface area (Å²) in [6.45, 7) is 0.330. The molecule has 100 valence electrons. The summed E-state index contributed by atoms with van der Waals surface area (Å²) in [5, 5.41) is 16.1. The third-order valence-electron chi connectivity index (χ3n) is 2.43. The van der Waals surface area contributed by atoms with Crippen LogP contribution in [0.5, 0.6) is 5.88 Å². The minimum absolute atomic E-state index is 0.120. The van der Waals surface area contributed by atoms with Crippen molar-refractivity contribution in [2.75, 3.05) is 12.4 Å². The van der Waals surface area contributed by atoms with Crippen LogP contribution in [0.15, 0.2) is 18.5 Å². The molecule has 19 heavy (non-hydrogen) atoms. The Bertz CT molecular complexity index is 596. The van der Waals surface area contributed by atoms with Crippen LogP contribution in [0.4, 0.5) is 5.82 Å². The third kappa shape index (κ3) is 2.79. The van der Waals surface area contributed by atoms with E-state index in [0.29, 0.717) is 18.1 Å². The fraction of sp³-hybridized carbons (Fsp3) is 0.273. The van der Waals surface area contributed by atoms with Gasteiger partial charge >= 0.3 is 5.97 Å². The van der Waals surface area contributed by atoms with E-state index < -0.39 is 5.97 Å². The SMILES string of the molecule is COc1cc(CNc2nccnc2C(=O)O)nn1C. The van der Waals surface area contributed by atoms with Crippen molar-refractivity contribution in [3.05, 3.63) is 29.8 Å². The molecule has 0 aliphatic carbocycles. The number of aromatic carboxylic acids is 1. The highest BCUT2D eigenvalue weighted by Crippen LogP contribution is 2.14. The van der Waals surface area contributed by atoms with Crippen molar-refractivity contribution in [1.29, 1.82) is 0 Å². The van der Waals surface area contributed by atoms with Gasteiger partial charge in [0.1, 0.15) is 0 Å². The average molecular weight is 263 g/mol. The summed E-state index contributed by atoms with van der Waals surface area (Å²) in [4.78, 5) is 18.7. The van der Waals surface area contributed by atoms with Crippen LogP contribution in [0.2, 0.25) is 0 Å². The van der Waals surface area contributed by atoms with E-state index >= 15 is 0 Å². The maximum atomic E-state index is 11.0. The molecule has 8 heteroatoms. The zero-order valence-electron chi connectivity index (χ0n) is 10.5. The second kappa shape index (κ2) is 5.34. The molecule has 0 fully saturated rings. The van der Waals surface area contributed by atoms with Crippen LogP contribution >= 0.6 is 0 Å². The molecule has 0 spiro atoms. The van der Waals surface area contributed by atoms with Crippen molar-refractivity contribution in [1.82, 2.24) is 19.7 Å². The van der Waals surface area contributed by atoms with E-state index in [9.17, 15) is 4.79 Å². The monoisotopic (exact) mass is 263 g/mol. The minimum Gasteiger partial charge on any atom is -0.481 e. The van der Waals surface area contributed by atoms with Crippen molar-refractivity contribution >= 4 is 11.8 Å². The van der Waals surface area contributed by atoms with Crippen LogP contribution in [0.1, 0.15) is 16.2 Å². The zero-order valence-corrected chi connectivity index (χ0v) is 10.5. The number of ether oxygens (including phenoxy) is 1. The summed E-state index contributed by atoms with van der Waals surface area (Å²) in [5.41, 5.74) is 0.590. The molecule has 0 unspecified atom stereocenters. The number of carbonyl (C=O) groups is 1. The van der Waals surface area contributed by atoms with E-state index in [1.165, 1.54) is 12.4 Å². The Balaban J connectivity index is 2.12. The number of rotatable bonds is 5. The fourth-order valence-electron chi connectivity index (χ4n) is 1.58. The number of hydrogen-bond acceptors (Lipinski definition) is 6. The van der Waals surface area contributed by atoms with Crippen molar-refractivity contribution in [2.45, 2.75) is 6.54 Å². The summed E-state index contributed by atoms with van der Waals surface area (Å²) < 4.78 is 6.68. The maximum Gasteiger partial charge on any atom is 0.358 e. The van der Waals surface area contributed by atoms with Crippen LogP contribution in [-0.2, 0) is 13.6 Å². The lowest BCUT2D eigenvalue weighted by Gasteiger charge is -2.05. The number of carboxylic acids is 1. The zero-order chi connectivity index (χ0) is 13.8. The van der Waals surface area contributed by atoms with Gasteiger partial charge in [-0.25, -0.2) is 19.4 Å².